The Hall–Kier alpha value is -1.72. The quantitative estimate of drug-likeness (QED) is 0.594. The second kappa shape index (κ2) is 2.49. The van der Waals surface area contributed by atoms with Gasteiger partial charge >= 0.3 is 0 Å². The first-order chi connectivity index (χ1) is 5.47. The van der Waals surface area contributed by atoms with Crippen molar-refractivity contribution >= 4 is 18.6 Å². The largest absolute Gasteiger partial charge is 0.279 e. The molecule has 0 fully saturated rings. The van der Waals surface area contributed by atoms with Crippen LogP contribution >= 0.6 is 0 Å². The van der Waals surface area contributed by atoms with E-state index in [-0.39, 0.29) is 0 Å². The van der Waals surface area contributed by atoms with E-state index >= 15 is 0 Å². The summed E-state index contributed by atoms with van der Waals surface area (Å²) in [6.07, 6.45) is 4.65. The van der Waals surface area contributed by atoms with Crippen LogP contribution in [-0.4, -0.2) is 34.5 Å². The molecule has 0 bridgehead atoms. The van der Waals surface area contributed by atoms with Crippen molar-refractivity contribution in [3.8, 4) is 0 Å². The minimum Gasteiger partial charge on any atom is -0.279 e. The summed E-state index contributed by atoms with van der Waals surface area (Å²) >= 11 is 0. The second-order valence-corrected chi connectivity index (χ2v) is 1.97. The molecule has 0 radical (unpaired) electrons. The summed E-state index contributed by atoms with van der Waals surface area (Å²) in [5.41, 5.74) is 0. The lowest BCUT2D eigenvalue weighted by Crippen LogP contribution is -2.24. The summed E-state index contributed by atoms with van der Waals surface area (Å²) < 4.78 is 0. The molecule has 1 N–H and O–H groups in total. The summed E-state index contributed by atoms with van der Waals surface area (Å²) in [6, 6.07) is 0. The zero-order valence-corrected chi connectivity index (χ0v) is 5.68. The third-order valence-electron chi connectivity index (χ3n) is 1.25. The van der Waals surface area contributed by atoms with E-state index in [1.165, 1.54) is 12.7 Å². The molecule has 2 heterocycles. The Bertz CT molecular complexity index is 273. The molecule has 0 saturated carbocycles. The average Bonchev–Trinajstić information content (AvgIpc) is 2.58. The number of rotatable bonds is 1. The van der Waals surface area contributed by atoms with Gasteiger partial charge in [-0.25, -0.2) is 9.98 Å². The van der Waals surface area contributed by atoms with Crippen LogP contribution in [0.1, 0.15) is 0 Å². The first-order valence-corrected chi connectivity index (χ1v) is 3.11. The Labute approximate surface area is 62.7 Å². The van der Waals surface area contributed by atoms with Crippen molar-refractivity contribution in [2.24, 2.45) is 9.98 Å². The van der Waals surface area contributed by atoms with E-state index in [9.17, 15) is 0 Å². The van der Waals surface area contributed by atoms with Gasteiger partial charge in [0, 0.05) is 0 Å². The van der Waals surface area contributed by atoms with Crippen molar-refractivity contribution in [3.05, 3.63) is 6.33 Å². The molecule has 1 aromatic heterocycles. The fraction of sp³-hybridized carbons (Fsp3) is 0.200. The highest BCUT2D eigenvalue weighted by atomic mass is 15.4. The van der Waals surface area contributed by atoms with Crippen molar-refractivity contribution in [3.63, 3.8) is 0 Å². The number of H-pyrrole nitrogens is 1. The standard InChI is InChI=1S/C5H6N6/c1-6-3-11(4-7-1)5-8-2-9-10-5/h1-3H,4H2,(H,8,9,10). The molecule has 0 amide bonds. The molecule has 0 atom stereocenters. The Morgan fingerprint density at radius 3 is 3.18 bits per heavy atom. The lowest BCUT2D eigenvalue weighted by Gasteiger charge is -2.12. The number of anilines is 1. The summed E-state index contributed by atoms with van der Waals surface area (Å²) in [5, 5.41) is 6.48. The van der Waals surface area contributed by atoms with Crippen molar-refractivity contribution in [1.82, 2.24) is 15.2 Å². The van der Waals surface area contributed by atoms with Crippen molar-refractivity contribution in [1.29, 1.82) is 0 Å². The van der Waals surface area contributed by atoms with Crippen LogP contribution in [0, 0.1) is 0 Å². The van der Waals surface area contributed by atoms with Gasteiger partial charge < -0.3 is 0 Å². The van der Waals surface area contributed by atoms with Crippen molar-refractivity contribution in [2.45, 2.75) is 0 Å². The predicted octanol–water partition coefficient (Wildman–Crippen LogP) is -0.361. The smallest absolute Gasteiger partial charge is 0.251 e. The van der Waals surface area contributed by atoms with Gasteiger partial charge in [-0.05, 0) is 0 Å². The Morgan fingerprint density at radius 1 is 1.55 bits per heavy atom. The molecular formula is C5H6N6. The molecule has 1 aromatic rings. The summed E-state index contributed by atoms with van der Waals surface area (Å²) in [5.74, 6) is 0.589. The topological polar surface area (TPSA) is 69.5 Å². The molecule has 6 nitrogen and oxygen atoms in total. The molecule has 0 unspecified atom stereocenters. The Balaban J connectivity index is 2.19. The lowest BCUT2D eigenvalue weighted by molar-refractivity contribution is 0.950. The van der Waals surface area contributed by atoms with Gasteiger partial charge in [0.05, 0.1) is 0 Å². The fourth-order valence-corrected chi connectivity index (χ4v) is 0.774. The zero-order chi connectivity index (χ0) is 7.52. The molecular weight excluding hydrogens is 144 g/mol. The van der Waals surface area contributed by atoms with E-state index in [2.05, 4.69) is 25.2 Å². The van der Waals surface area contributed by atoms with Crippen LogP contribution in [-0.2, 0) is 0 Å². The van der Waals surface area contributed by atoms with Gasteiger partial charge in [-0.1, -0.05) is 0 Å². The van der Waals surface area contributed by atoms with Crippen LogP contribution in [0.25, 0.3) is 0 Å². The maximum Gasteiger partial charge on any atom is 0.251 e. The number of nitrogens with one attached hydrogen (secondary N) is 1. The molecule has 0 aromatic carbocycles. The molecule has 6 heteroatoms. The maximum atomic E-state index is 3.93. The zero-order valence-electron chi connectivity index (χ0n) is 5.68. The van der Waals surface area contributed by atoms with E-state index in [1.807, 2.05) is 0 Å². The van der Waals surface area contributed by atoms with Crippen LogP contribution < -0.4 is 4.90 Å². The Morgan fingerprint density at radius 2 is 2.55 bits per heavy atom. The van der Waals surface area contributed by atoms with Crippen molar-refractivity contribution in [2.75, 3.05) is 11.6 Å². The highest BCUT2D eigenvalue weighted by molar-refractivity contribution is 5.84. The summed E-state index contributed by atoms with van der Waals surface area (Å²) in [7, 11) is 0. The number of aromatic amines is 1. The molecule has 56 valence electrons. The second-order valence-electron chi connectivity index (χ2n) is 1.97. The monoisotopic (exact) mass is 150 g/mol. The van der Waals surface area contributed by atoms with Crippen LogP contribution in [0.2, 0.25) is 0 Å². The van der Waals surface area contributed by atoms with Gasteiger partial charge in [0.1, 0.15) is 25.7 Å². The molecule has 0 aliphatic carbocycles. The van der Waals surface area contributed by atoms with E-state index in [4.69, 9.17) is 0 Å². The third kappa shape index (κ3) is 1.09. The number of nitrogens with zero attached hydrogens (tertiary/aromatic N) is 5. The average molecular weight is 150 g/mol. The van der Waals surface area contributed by atoms with Crippen LogP contribution in [0.3, 0.4) is 0 Å². The van der Waals surface area contributed by atoms with E-state index in [0.29, 0.717) is 12.6 Å². The SMILES string of the molecule is C1=NC=NCN1c1nc[nH]n1. The third-order valence-corrected chi connectivity index (χ3v) is 1.25. The predicted molar refractivity (Wildman–Crippen MR) is 40.7 cm³/mol. The lowest BCUT2D eigenvalue weighted by atomic mass is 10.7. The van der Waals surface area contributed by atoms with Gasteiger partial charge in [-0.3, -0.25) is 15.0 Å². The highest BCUT2D eigenvalue weighted by Gasteiger charge is 2.06. The summed E-state index contributed by atoms with van der Waals surface area (Å²) in [4.78, 5) is 13.4. The van der Waals surface area contributed by atoms with Gasteiger partial charge in [0.2, 0.25) is 0 Å². The molecule has 2 rings (SSSR count). The van der Waals surface area contributed by atoms with Crippen LogP contribution in [0.4, 0.5) is 5.95 Å². The van der Waals surface area contributed by atoms with Gasteiger partial charge in [0.25, 0.3) is 5.95 Å². The number of hydrogen-bond acceptors (Lipinski definition) is 5. The minimum absolute atomic E-state index is 0.529. The van der Waals surface area contributed by atoms with Crippen molar-refractivity contribution < 1.29 is 0 Å². The number of aliphatic imine (C=N–C) groups is 2. The van der Waals surface area contributed by atoms with E-state index in [0.717, 1.165) is 0 Å². The van der Waals surface area contributed by atoms with Crippen LogP contribution in [0.5, 0.6) is 0 Å². The van der Waals surface area contributed by atoms with E-state index in [1.54, 1.807) is 11.2 Å². The molecule has 0 spiro atoms. The molecule has 1 aliphatic rings. The minimum atomic E-state index is 0.529. The highest BCUT2D eigenvalue weighted by Crippen LogP contribution is 2.02. The van der Waals surface area contributed by atoms with Crippen LogP contribution in [0.15, 0.2) is 16.3 Å². The number of aromatic nitrogens is 3. The molecule has 0 saturated heterocycles. The maximum absolute atomic E-state index is 3.93. The molecule has 11 heavy (non-hydrogen) atoms. The first-order valence-electron chi connectivity index (χ1n) is 3.11. The van der Waals surface area contributed by atoms with Gasteiger partial charge in [-0.2, -0.15) is 0 Å². The normalized spacial score (nSPS) is 15.8. The number of hydrogen-bond donors (Lipinski definition) is 1. The fourth-order valence-electron chi connectivity index (χ4n) is 0.774. The summed E-state index contributed by atoms with van der Waals surface area (Å²) in [6.45, 7) is 0.529. The van der Waals surface area contributed by atoms with E-state index < -0.39 is 0 Å². The molecule has 1 aliphatic heterocycles. The van der Waals surface area contributed by atoms with Gasteiger partial charge in [0.15, 0.2) is 0 Å². The van der Waals surface area contributed by atoms with Gasteiger partial charge in [-0.15, -0.1) is 5.10 Å². The first kappa shape index (κ1) is 6.02. The Kier molecular flexibility index (Phi) is 1.36.